The first-order chi connectivity index (χ1) is 11.7. The summed E-state index contributed by atoms with van der Waals surface area (Å²) in [5, 5.41) is 11.3. The molecular weight excluding hydrogens is 318 g/mol. The number of aromatic amines is 1. The van der Waals surface area contributed by atoms with Crippen LogP contribution < -0.4 is 5.32 Å². The van der Waals surface area contributed by atoms with E-state index >= 15 is 0 Å². The first-order valence-electron chi connectivity index (χ1n) is 7.62. The summed E-state index contributed by atoms with van der Waals surface area (Å²) in [6, 6.07) is 19.7. The Labute approximate surface area is 143 Å². The van der Waals surface area contributed by atoms with Gasteiger partial charge in [-0.2, -0.15) is 5.10 Å². The Morgan fingerprint density at radius 3 is 2.62 bits per heavy atom. The molecule has 0 unspecified atom stereocenters. The molecule has 24 heavy (non-hydrogen) atoms. The largest absolute Gasteiger partial charge is 0.321 e. The van der Waals surface area contributed by atoms with Crippen molar-refractivity contribution in [3.8, 4) is 11.3 Å². The Morgan fingerprint density at radius 2 is 1.83 bits per heavy atom. The highest BCUT2D eigenvalue weighted by Crippen LogP contribution is 2.32. The maximum atomic E-state index is 12.5. The van der Waals surface area contributed by atoms with E-state index in [9.17, 15) is 4.79 Å². The van der Waals surface area contributed by atoms with E-state index in [0.29, 0.717) is 4.88 Å². The molecule has 0 saturated carbocycles. The highest BCUT2D eigenvalue weighted by Gasteiger charge is 2.16. The van der Waals surface area contributed by atoms with Crippen LogP contribution in [-0.4, -0.2) is 16.1 Å². The zero-order chi connectivity index (χ0) is 16.5. The number of aryl methyl sites for hydroxylation is 1. The van der Waals surface area contributed by atoms with Crippen molar-refractivity contribution in [2.24, 2.45) is 0 Å². The fraction of sp³-hybridized carbons (Fsp3) is 0.0526. The Morgan fingerprint density at radius 1 is 1.08 bits per heavy atom. The maximum Gasteiger partial charge on any atom is 0.265 e. The summed E-state index contributed by atoms with van der Waals surface area (Å²) in [6.45, 7) is 1.98. The van der Waals surface area contributed by atoms with Crippen molar-refractivity contribution in [3.05, 3.63) is 71.1 Å². The second-order valence-corrected chi connectivity index (χ2v) is 6.59. The zero-order valence-corrected chi connectivity index (χ0v) is 13.9. The first-order valence-corrected chi connectivity index (χ1v) is 8.44. The van der Waals surface area contributed by atoms with E-state index in [1.165, 1.54) is 11.3 Å². The van der Waals surface area contributed by atoms with Crippen LogP contribution in [0.5, 0.6) is 0 Å². The molecule has 0 radical (unpaired) electrons. The molecule has 2 heterocycles. The molecule has 2 aromatic carbocycles. The van der Waals surface area contributed by atoms with Gasteiger partial charge < -0.3 is 5.32 Å². The number of fused-ring (bicyclic) bond motifs is 1. The van der Waals surface area contributed by atoms with Crippen LogP contribution >= 0.6 is 11.3 Å². The fourth-order valence-electron chi connectivity index (χ4n) is 2.64. The van der Waals surface area contributed by atoms with E-state index in [2.05, 4.69) is 15.5 Å². The second-order valence-electron chi connectivity index (χ2n) is 5.56. The highest BCUT2D eigenvalue weighted by atomic mass is 32.1. The van der Waals surface area contributed by atoms with Crippen molar-refractivity contribution in [2.75, 3.05) is 5.32 Å². The Hall–Kier alpha value is -2.92. The van der Waals surface area contributed by atoms with Crippen LogP contribution in [0.3, 0.4) is 0 Å². The molecule has 4 nitrogen and oxygen atoms in total. The molecule has 5 heteroatoms. The van der Waals surface area contributed by atoms with Crippen LogP contribution in [0.2, 0.25) is 0 Å². The molecule has 0 aliphatic rings. The number of nitrogens with zero attached hydrogens (tertiary/aromatic N) is 1. The van der Waals surface area contributed by atoms with Gasteiger partial charge in [-0.05, 0) is 24.6 Å². The van der Waals surface area contributed by atoms with Gasteiger partial charge in [-0.25, -0.2) is 0 Å². The van der Waals surface area contributed by atoms with E-state index in [1.807, 2.05) is 67.6 Å². The lowest BCUT2D eigenvalue weighted by Crippen LogP contribution is -2.10. The third-order valence-corrected chi connectivity index (χ3v) is 4.96. The third-order valence-electron chi connectivity index (χ3n) is 3.93. The molecular formula is C19H15N3OS. The van der Waals surface area contributed by atoms with Gasteiger partial charge in [-0.15, -0.1) is 11.3 Å². The minimum Gasteiger partial charge on any atom is -0.321 e. The summed E-state index contributed by atoms with van der Waals surface area (Å²) in [7, 11) is 0. The number of aromatic nitrogens is 2. The maximum absolute atomic E-state index is 12.5. The molecule has 0 spiro atoms. The summed E-state index contributed by atoms with van der Waals surface area (Å²) >= 11 is 1.39. The number of anilines is 1. The SMILES string of the molecule is Cc1ccccc1NC(=O)c1cc2c(-c3ccccc3)[nH]nc2s1. The number of benzene rings is 2. The van der Waals surface area contributed by atoms with Crippen molar-refractivity contribution in [3.63, 3.8) is 0 Å². The lowest BCUT2D eigenvalue weighted by Gasteiger charge is -2.06. The van der Waals surface area contributed by atoms with Crippen LogP contribution in [0.1, 0.15) is 15.2 Å². The van der Waals surface area contributed by atoms with Gasteiger partial charge in [-0.3, -0.25) is 9.89 Å². The molecule has 0 aliphatic carbocycles. The smallest absolute Gasteiger partial charge is 0.265 e. The van der Waals surface area contributed by atoms with Gasteiger partial charge in [0.2, 0.25) is 0 Å². The molecule has 0 atom stereocenters. The van der Waals surface area contributed by atoms with E-state index in [1.54, 1.807) is 0 Å². The number of amides is 1. The van der Waals surface area contributed by atoms with Crippen LogP contribution in [0.15, 0.2) is 60.7 Å². The van der Waals surface area contributed by atoms with Crippen LogP contribution in [-0.2, 0) is 0 Å². The highest BCUT2D eigenvalue weighted by molar-refractivity contribution is 7.20. The number of H-pyrrole nitrogens is 1. The lowest BCUT2D eigenvalue weighted by atomic mass is 10.1. The van der Waals surface area contributed by atoms with Gasteiger partial charge in [0.25, 0.3) is 5.91 Å². The second kappa shape index (κ2) is 5.94. The van der Waals surface area contributed by atoms with Crippen molar-refractivity contribution in [1.82, 2.24) is 10.2 Å². The molecule has 2 N–H and O–H groups in total. The lowest BCUT2D eigenvalue weighted by molar-refractivity contribution is 0.103. The number of carbonyl (C=O) groups excluding carboxylic acids is 1. The number of nitrogens with one attached hydrogen (secondary N) is 2. The summed E-state index contributed by atoms with van der Waals surface area (Å²) in [5.74, 6) is -0.105. The molecule has 0 bridgehead atoms. The van der Waals surface area contributed by atoms with E-state index < -0.39 is 0 Å². The predicted molar refractivity (Wildman–Crippen MR) is 98.5 cm³/mol. The number of thiophene rings is 1. The Bertz CT molecular complexity index is 1020. The van der Waals surface area contributed by atoms with E-state index in [4.69, 9.17) is 0 Å². The number of para-hydroxylation sites is 1. The quantitative estimate of drug-likeness (QED) is 0.563. The first kappa shape index (κ1) is 14.7. The van der Waals surface area contributed by atoms with Gasteiger partial charge >= 0.3 is 0 Å². The molecule has 0 fully saturated rings. The van der Waals surface area contributed by atoms with Gasteiger partial charge in [-0.1, -0.05) is 48.5 Å². The van der Waals surface area contributed by atoms with E-state index in [-0.39, 0.29) is 5.91 Å². The molecule has 0 aliphatic heterocycles. The monoisotopic (exact) mass is 333 g/mol. The van der Waals surface area contributed by atoms with Crippen LogP contribution in [0, 0.1) is 6.92 Å². The summed E-state index contributed by atoms with van der Waals surface area (Å²) in [4.78, 5) is 14.0. The molecule has 2 aromatic heterocycles. The average Bonchev–Trinajstić information content (AvgIpc) is 3.18. The number of hydrogen-bond acceptors (Lipinski definition) is 3. The predicted octanol–water partition coefficient (Wildman–Crippen LogP) is 4.85. The number of carbonyl (C=O) groups is 1. The zero-order valence-electron chi connectivity index (χ0n) is 13.0. The molecule has 4 aromatic rings. The summed E-state index contributed by atoms with van der Waals surface area (Å²) < 4.78 is 0. The Kier molecular flexibility index (Phi) is 3.63. The fourth-order valence-corrected chi connectivity index (χ4v) is 3.54. The minimum absolute atomic E-state index is 0.105. The van der Waals surface area contributed by atoms with Crippen molar-refractivity contribution < 1.29 is 4.79 Å². The van der Waals surface area contributed by atoms with E-state index in [0.717, 1.165) is 32.7 Å². The Balaban J connectivity index is 1.67. The summed E-state index contributed by atoms with van der Waals surface area (Å²) in [5.41, 5.74) is 3.87. The van der Waals surface area contributed by atoms with Crippen LogP contribution in [0.25, 0.3) is 21.5 Å². The van der Waals surface area contributed by atoms with Gasteiger partial charge in [0.15, 0.2) is 0 Å². The molecule has 4 rings (SSSR count). The summed E-state index contributed by atoms with van der Waals surface area (Å²) in [6.07, 6.45) is 0. The topological polar surface area (TPSA) is 57.8 Å². The van der Waals surface area contributed by atoms with Gasteiger partial charge in [0.1, 0.15) is 4.83 Å². The number of rotatable bonds is 3. The van der Waals surface area contributed by atoms with Crippen molar-refractivity contribution in [2.45, 2.75) is 6.92 Å². The van der Waals surface area contributed by atoms with Crippen LogP contribution in [0.4, 0.5) is 5.69 Å². The van der Waals surface area contributed by atoms with Crippen molar-refractivity contribution >= 4 is 33.1 Å². The average molecular weight is 333 g/mol. The minimum atomic E-state index is -0.105. The van der Waals surface area contributed by atoms with Crippen molar-refractivity contribution in [1.29, 1.82) is 0 Å². The molecule has 118 valence electrons. The van der Waals surface area contributed by atoms with Gasteiger partial charge in [0, 0.05) is 16.6 Å². The molecule has 0 saturated heterocycles. The number of hydrogen-bond donors (Lipinski definition) is 2. The third kappa shape index (κ3) is 2.59. The normalized spacial score (nSPS) is 10.9. The standard InChI is InChI=1S/C19H15N3OS/c1-12-7-5-6-10-15(12)20-18(23)16-11-14-17(21-22-19(14)24-16)13-8-3-2-4-9-13/h2-11H,1H3,(H,20,23)(H,21,22). The van der Waals surface area contributed by atoms with Gasteiger partial charge in [0.05, 0.1) is 10.6 Å². The molecule has 1 amide bonds.